The van der Waals surface area contributed by atoms with E-state index in [0.717, 1.165) is 10.6 Å². The number of hydrogen-bond donors (Lipinski definition) is 1. The van der Waals surface area contributed by atoms with Crippen LogP contribution in [0.2, 0.25) is 5.02 Å². The summed E-state index contributed by atoms with van der Waals surface area (Å²) >= 11 is 5.96. The van der Waals surface area contributed by atoms with E-state index < -0.39 is 22.0 Å². The van der Waals surface area contributed by atoms with Gasteiger partial charge in [0.25, 0.3) is 0 Å². The lowest BCUT2D eigenvalue weighted by atomic mass is 10.2. The molecule has 0 amide bonds. The first kappa shape index (κ1) is 16.6. The largest absolute Gasteiger partial charge is 0.495 e. The van der Waals surface area contributed by atoms with Gasteiger partial charge >= 0.3 is 5.97 Å². The van der Waals surface area contributed by atoms with Crippen LogP contribution in [0.25, 0.3) is 0 Å². The van der Waals surface area contributed by atoms with Crippen LogP contribution in [0.3, 0.4) is 0 Å². The van der Waals surface area contributed by atoms with E-state index in [1.165, 1.54) is 25.3 Å². The van der Waals surface area contributed by atoms with Crippen LogP contribution in [0.4, 0.5) is 5.69 Å². The van der Waals surface area contributed by atoms with Gasteiger partial charge in [0.1, 0.15) is 11.8 Å². The van der Waals surface area contributed by atoms with Crippen LogP contribution in [-0.4, -0.2) is 38.9 Å². The van der Waals surface area contributed by atoms with E-state index in [1.807, 2.05) is 0 Å². The Bertz CT molecular complexity index is 602. The lowest BCUT2D eigenvalue weighted by molar-refractivity contribution is -0.138. The summed E-state index contributed by atoms with van der Waals surface area (Å²) in [7, 11) is -2.33. The zero-order valence-corrected chi connectivity index (χ0v) is 12.9. The van der Waals surface area contributed by atoms with Crippen molar-refractivity contribution in [1.82, 2.24) is 0 Å². The van der Waals surface area contributed by atoms with Crippen molar-refractivity contribution in [1.29, 1.82) is 0 Å². The van der Waals surface area contributed by atoms with Crippen LogP contribution in [0.15, 0.2) is 18.2 Å². The van der Waals surface area contributed by atoms with Crippen LogP contribution in [-0.2, 0) is 14.8 Å². The molecule has 1 N–H and O–H groups in total. The van der Waals surface area contributed by atoms with Crippen molar-refractivity contribution in [2.45, 2.75) is 19.4 Å². The predicted molar refractivity (Wildman–Crippen MR) is 77.0 cm³/mol. The number of anilines is 1. The lowest BCUT2D eigenvalue weighted by Gasteiger charge is -2.28. The Hall–Kier alpha value is -1.47. The molecule has 0 aliphatic rings. The van der Waals surface area contributed by atoms with Gasteiger partial charge < -0.3 is 9.84 Å². The number of nitrogens with zero attached hydrogens (tertiary/aromatic N) is 1. The molecule has 20 heavy (non-hydrogen) atoms. The Kier molecular flexibility index (Phi) is 5.24. The highest BCUT2D eigenvalue weighted by Crippen LogP contribution is 2.31. The minimum Gasteiger partial charge on any atom is -0.495 e. The number of halogens is 1. The molecule has 0 radical (unpaired) electrons. The molecule has 8 heteroatoms. The molecule has 0 heterocycles. The maximum Gasteiger partial charge on any atom is 0.327 e. The van der Waals surface area contributed by atoms with Gasteiger partial charge in [-0.2, -0.15) is 0 Å². The van der Waals surface area contributed by atoms with Crippen molar-refractivity contribution in [2.24, 2.45) is 0 Å². The number of carboxylic acid groups (broad SMARTS) is 1. The zero-order chi connectivity index (χ0) is 15.5. The highest BCUT2D eigenvalue weighted by molar-refractivity contribution is 7.92. The molecule has 0 spiro atoms. The molecular weight excluding hydrogens is 306 g/mol. The Morgan fingerprint density at radius 2 is 2.10 bits per heavy atom. The molecule has 0 aliphatic carbocycles. The monoisotopic (exact) mass is 321 g/mol. The number of ether oxygens (including phenoxy) is 1. The fourth-order valence-corrected chi connectivity index (χ4v) is 3.29. The molecule has 0 unspecified atom stereocenters. The van der Waals surface area contributed by atoms with E-state index in [-0.39, 0.29) is 17.1 Å². The lowest BCUT2D eigenvalue weighted by Crippen LogP contribution is -2.44. The summed E-state index contributed by atoms with van der Waals surface area (Å²) in [6.07, 6.45) is 1.09. The number of rotatable bonds is 6. The van der Waals surface area contributed by atoms with Crippen LogP contribution in [0.5, 0.6) is 5.75 Å². The van der Waals surface area contributed by atoms with Gasteiger partial charge in [-0.3, -0.25) is 4.31 Å². The minimum absolute atomic E-state index is 0.131. The molecule has 112 valence electrons. The number of carbonyl (C=O) groups is 1. The molecule has 1 atom stereocenters. The molecule has 6 nitrogen and oxygen atoms in total. The first-order valence-corrected chi connectivity index (χ1v) is 8.00. The highest BCUT2D eigenvalue weighted by atomic mass is 35.5. The van der Waals surface area contributed by atoms with E-state index in [9.17, 15) is 18.3 Å². The standard InChI is InChI=1S/C12H16ClNO5S/c1-4-10(12(15)16)14(20(3,17)18)8-5-6-11(19-2)9(13)7-8/h5-7,10H,4H2,1-3H3,(H,15,16)/t10-/m0/s1. The Balaban J connectivity index is 3.39. The minimum atomic E-state index is -3.76. The quantitative estimate of drug-likeness (QED) is 0.866. The molecule has 1 aromatic rings. The normalized spacial score (nSPS) is 12.8. The van der Waals surface area contributed by atoms with Crippen molar-refractivity contribution >= 4 is 33.3 Å². The van der Waals surface area contributed by atoms with Gasteiger partial charge in [-0.05, 0) is 24.6 Å². The Morgan fingerprint density at radius 1 is 1.50 bits per heavy atom. The van der Waals surface area contributed by atoms with E-state index in [1.54, 1.807) is 6.92 Å². The molecule has 0 aromatic heterocycles. The summed E-state index contributed by atoms with van der Waals surface area (Å²) in [6, 6.07) is 3.13. The van der Waals surface area contributed by atoms with E-state index in [4.69, 9.17) is 16.3 Å². The van der Waals surface area contributed by atoms with Crippen LogP contribution in [0, 0.1) is 0 Å². The molecule has 0 aliphatic heterocycles. The second-order valence-electron chi connectivity index (χ2n) is 4.14. The maximum atomic E-state index is 11.9. The van der Waals surface area contributed by atoms with Gasteiger partial charge in [0.2, 0.25) is 10.0 Å². The van der Waals surface area contributed by atoms with Gasteiger partial charge in [-0.1, -0.05) is 18.5 Å². The summed E-state index contributed by atoms with van der Waals surface area (Å²) < 4.78 is 29.6. The zero-order valence-electron chi connectivity index (χ0n) is 11.3. The van der Waals surface area contributed by atoms with E-state index in [2.05, 4.69) is 0 Å². The van der Waals surface area contributed by atoms with Gasteiger partial charge in [-0.15, -0.1) is 0 Å². The van der Waals surface area contributed by atoms with Crippen molar-refractivity contribution in [3.05, 3.63) is 23.2 Å². The fourth-order valence-electron chi connectivity index (χ4n) is 1.84. The first-order valence-electron chi connectivity index (χ1n) is 5.78. The molecule has 0 bridgehead atoms. The van der Waals surface area contributed by atoms with Crippen LogP contribution < -0.4 is 9.04 Å². The third-order valence-electron chi connectivity index (χ3n) is 2.70. The predicted octanol–water partition coefficient (Wildman–Crippen LogP) is 1.98. The van der Waals surface area contributed by atoms with E-state index >= 15 is 0 Å². The van der Waals surface area contributed by atoms with Crippen LogP contribution in [0.1, 0.15) is 13.3 Å². The fraction of sp³-hybridized carbons (Fsp3) is 0.417. The third kappa shape index (κ3) is 3.55. The highest BCUT2D eigenvalue weighted by Gasteiger charge is 2.31. The van der Waals surface area contributed by atoms with Gasteiger partial charge in [0.05, 0.1) is 24.1 Å². The Morgan fingerprint density at radius 3 is 2.45 bits per heavy atom. The van der Waals surface area contributed by atoms with Gasteiger partial charge in [0, 0.05) is 0 Å². The number of methoxy groups -OCH3 is 1. The average Bonchev–Trinajstić information content (AvgIpc) is 2.33. The van der Waals surface area contributed by atoms with Gasteiger partial charge in [-0.25, -0.2) is 13.2 Å². The number of benzene rings is 1. The van der Waals surface area contributed by atoms with Crippen molar-refractivity contribution in [3.63, 3.8) is 0 Å². The number of hydrogen-bond acceptors (Lipinski definition) is 4. The molecule has 0 saturated carbocycles. The molecule has 1 aromatic carbocycles. The summed E-state index contributed by atoms with van der Waals surface area (Å²) in [5, 5.41) is 9.38. The topological polar surface area (TPSA) is 83.9 Å². The van der Waals surface area contributed by atoms with E-state index in [0.29, 0.717) is 5.75 Å². The average molecular weight is 322 g/mol. The summed E-state index contributed by atoms with van der Waals surface area (Å²) in [5.74, 6) is -0.836. The summed E-state index contributed by atoms with van der Waals surface area (Å²) in [6.45, 7) is 1.60. The summed E-state index contributed by atoms with van der Waals surface area (Å²) in [4.78, 5) is 11.2. The third-order valence-corrected chi connectivity index (χ3v) is 4.18. The number of carboxylic acids is 1. The number of sulfonamides is 1. The summed E-state index contributed by atoms with van der Waals surface area (Å²) in [5.41, 5.74) is 0.188. The van der Waals surface area contributed by atoms with Crippen LogP contribution >= 0.6 is 11.6 Å². The van der Waals surface area contributed by atoms with Crippen molar-refractivity contribution in [2.75, 3.05) is 17.7 Å². The second-order valence-corrected chi connectivity index (χ2v) is 6.41. The maximum absolute atomic E-state index is 11.9. The first-order chi connectivity index (χ1) is 9.22. The Labute approximate surface area is 123 Å². The molecule has 1 rings (SSSR count). The second kappa shape index (κ2) is 6.32. The SMILES string of the molecule is CC[C@@H](C(=O)O)N(c1ccc(OC)c(Cl)c1)S(C)(=O)=O. The smallest absolute Gasteiger partial charge is 0.327 e. The number of aliphatic carboxylic acids is 1. The van der Waals surface area contributed by atoms with Crippen molar-refractivity contribution < 1.29 is 23.1 Å². The molecular formula is C12H16ClNO5S. The van der Waals surface area contributed by atoms with Gasteiger partial charge in [0.15, 0.2) is 0 Å². The van der Waals surface area contributed by atoms with Crippen molar-refractivity contribution in [3.8, 4) is 5.75 Å². The molecule has 0 fully saturated rings. The molecule has 0 saturated heterocycles.